The summed E-state index contributed by atoms with van der Waals surface area (Å²) in [4.78, 5) is 12.3. The van der Waals surface area contributed by atoms with E-state index in [1.54, 1.807) is 12.1 Å². The minimum atomic E-state index is -0.204. The van der Waals surface area contributed by atoms with E-state index < -0.39 is 0 Å². The van der Waals surface area contributed by atoms with Crippen molar-refractivity contribution in [2.45, 2.75) is 20.4 Å². The van der Waals surface area contributed by atoms with E-state index >= 15 is 0 Å². The number of anilines is 1. The van der Waals surface area contributed by atoms with E-state index in [4.69, 9.17) is 4.74 Å². The lowest BCUT2D eigenvalue weighted by Gasteiger charge is -2.08. The minimum Gasteiger partial charge on any atom is -0.494 e. The zero-order chi connectivity index (χ0) is 17.6. The number of amides is 1. The summed E-state index contributed by atoms with van der Waals surface area (Å²) in [7, 11) is 0. The van der Waals surface area contributed by atoms with Crippen molar-refractivity contribution in [3.05, 3.63) is 54.1 Å². The number of ether oxygens (including phenoxy) is 1. The summed E-state index contributed by atoms with van der Waals surface area (Å²) in [6.45, 7) is 4.57. The van der Waals surface area contributed by atoms with E-state index in [2.05, 4.69) is 20.8 Å². The quantitative estimate of drug-likeness (QED) is 0.748. The Morgan fingerprint density at radius 2 is 1.84 bits per heavy atom. The van der Waals surface area contributed by atoms with Crippen LogP contribution in [0.5, 0.6) is 5.75 Å². The molecule has 1 N–H and O–H groups in total. The zero-order valence-electron chi connectivity index (χ0n) is 14.1. The summed E-state index contributed by atoms with van der Waals surface area (Å²) in [5, 5.41) is 14.4. The van der Waals surface area contributed by atoms with Crippen LogP contribution in [0.3, 0.4) is 0 Å². The van der Waals surface area contributed by atoms with Gasteiger partial charge in [0.25, 0.3) is 0 Å². The molecular weight excluding hydrogens is 318 g/mol. The van der Waals surface area contributed by atoms with Gasteiger partial charge in [0.05, 0.1) is 6.61 Å². The summed E-state index contributed by atoms with van der Waals surface area (Å²) in [5.74, 6) is 1.12. The molecule has 3 rings (SSSR count). The fourth-order valence-corrected chi connectivity index (χ4v) is 2.36. The maximum absolute atomic E-state index is 12.3. The first-order valence-corrected chi connectivity index (χ1v) is 8.01. The first-order valence-electron chi connectivity index (χ1n) is 8.01. The number of hydrogen-bond donors (Lipinski definition) is 1. The largest absolute Gasteiger partial charge is 0.494 e. The number of benzene rings is 2. The second-order valence-electron chi connectivity index (χ2n) is 5.53. The Labute approximate surface area is 145 Å². The van der Waals surface area contributed by atoms with Crippen LogP contribution in [0.4, 0.5) is 5.69 Å². The van der Waals surface area contributed by atoms with E-state index in [-0.39, 0.29) is 12.5 Å². The van der Waals surface area contributed by atoms with E-state index in [9.17, 15) is 4.79 Å². The SMILES string of the molecule is CCOc1ccc(NC(=O)Cn2nnnc2-c2ccc(C)cc2)cc1. The van der Waals surface area contributed by atoms with Crippen molar-refractivity contribution in [1.82, 2.24) is 20.2 Å². The van der Waals surface area contributed by atoms with Crippen molar-refractivity contribution in [2.75, 3.05) is 11.9 Å². The van der Waals surface area contributed by atoms with Crippen molar-refractivity contribution in [1.29, 1.82) is 0 Å². The predicted octanol–water partition coefficient (Wildman–Crippen LogP) is 2.69. The Morgan fingerprint density at radius 3 is 2.52 bits per heavy atom. The first kappa shape index (κ1) is 16.6. The fourth-order valence-electron chi connectivity index (χ4n) is 2.36. The average molecular weight is 337 g/mol. The molecule has 0 bridgehead atoms. The maximum Gasteiger partial charge on any atom is 0.246 e. The Morgan fingerprint density at radius 1 is 1.12 bits per heavy atom. The van der Waals surface area contributed by atoms with E-state index in [0.717, 1.165) is 16.9 Å². The van der Waals surface area contributed by atoms with Gasteiger partial charge in [0.15, 0.2) is 5.82 Å². The molecule has 128 valence electrons. The van der Waals surface area contributed by atoms with Crippen molar-refractivity contribution < 1.29 is 9.53 Å². The van der Waals surface area contributed by atoms with Crippen molar-refractivity contribution >= 4 is 11.6 Å². The Hall–Kier alpha value is -3.22. The molecule has 0 aliphatic carbocycles. The van der Waals surface area contributed by atoms with Crippen LogP contribution in [-0.2, 0) is 11.3 Å². The Balaban J connectivity index is 1.67. The standard InChI is InChI=1S/C18H19N5O2/c1-3-25-16-10-8-15(9-11-16)19-17(24)12-23-18(20-21-22-23)14-6-4-13(2)5-7-14/h4-11H,3,12H2,1-2H3,(H,19,24). The lowest BCUT2D eigenvalue weighted by Crippen LogP contribution is -2.20. The molecule has 7 heteroatoms. The third kappa shape index (κ3) is 4.20. The summed E-state index contributed by atoms with van der Waals surface area (Å²) >= 11 is 0. The second-order valence-corrected chi connectivity index (χ2v) is 5.53. The van der Waals surface area contributed by atoms with Gasteiger partial charge in [0.1, 0.15) is 12.3 Å². The molecule has 0 spiro atoms. The molecule has 0 radical (unpaired) electrons. The van der Waals surface area contributed by atoms with Gasteiger partial charge in [0.2, 0.25) is 5.91 Å². The van der Waals surface area contributed by atoms with Gasteiger partial charge in [-0.3, -0.25) is 4.79 Å². The third-order valence-electron chi connectivity index (χ3n) is 3.58. The average Bonchev–Trinajstić information content (AvgIpc) is 3.05. The predicted molar refractivity (Wildman–Crippen MR) is 94.2 cm³/mol. The summed E-state index contributed by atoms with van der Waals surface area (Å²) in [6.07, 6.45) is 0. The van der Waals surface area contributed by atoms with Gasteiger partial charge in [-0.05, 0) is 48.5 Å². The van der Waals surface area contributed by atoms with Gasteiger partial charge in [-0.25, -0.2) is 4.68 Å². The van der Waals surface area contributed by atoms with Crippen molar-refractivity contribution in [3.63, 3.8) is 0 Å². The van der Waals surface area contributed by atoms with Crippen LogP contribution in [0.2, 0.25) is 0 Å². The third-order valence-corrected chi connectivity index (χ3v) is 3.58. The van der Waals surface area contributed by atoms with Gasteiger partial charge in [-0.2, -0.15) is 0 Å². The van der Waals surface area contributed by atoms with Gasteiger partial charge in [-0.15, -0.1) is 5.10 Å². The molecule has 2 aromatic carbocycles. The first-order chi connectivity index (χ1) is 12.2. The Kier molecular flexibility index (Phi) is 5.03. The van der Waals surface area contributed by atoms with Gasteiger partial charge in [0, 0.05) is 11.3 Å². The van der Waals surface area contributed by atoms with Crippen molar-refractivity contribution in [3.8, 4) is 17.1 Å². The fraction of sp³-hybridized carbons (Fsp3) is 0.222. The number of carbonyl (C=O) groups is 1. The second kappa shape index (κ2) is 7.57. The lowest BCUT2D eigenvalue weighted by atomic mass is 10.1. The number of carbonyl (C=O) groups excluding carboxylic acids is 1. The number of hydrogen-bond acceptors (Lipinski definition) is 5. The summed E-state index contributed by atoms with van der Waals surface area (Å²) in [5.41, 5.74) is 2.71. The Bertz CT molecular complexity index is 841. The maximum atomic E-state index is 12.3. The van der Waals surface area contributed by atoms with Gasteiger partial charge in [-0.1, -0.05) is 29.8 Å². The van der Waals surface area contributed by atoms with Crippen LogP contribution in [0, 0.1) is 6.92 Å². The molecule has 0 unspecified atom stereocenters. The molecule has 7 nitrogen and oxygen atoms in total. The highest BCUT2D eigenvalue weighted by molar-refractivity contribution is 5.90. The minimum absolute atomic E-state index is 0.0312. The molecule has 0 atom stereocenters. The molecule has 1 amide bonds. The molecule has 3 aromatic rings. The zero-order valence-corrected chi connectivity index (χ0v) is 14.1. The molecule has 1 heterocycles. The van der Waals surface area contributed by atoms with Crippen LogP contribution in [0.25, 0.3) is 11.4 Å². The van der Waals surface area contributed by atoms with E-state index in [1.165, 1.54) is 4.68 Å². The molecule has 0 saturated carbocycles. The normalized spacial score (nSPS) is 10.5. The van der Waals surface area contributed by atoms with Crippen molar-refractivity contribution in [2.24, 2.45) is 0 Å². The molecule has 0 aliphatic rings. The molecule has 0 saturated heterocycles. The topological polar surface area (TPSA) is 81.9 Å². The number of rotatable bonds is 6. The number of nitrogens with zero attached hydrogens (tertiary/aromatic N) is 4. The smallest absolute Gasteiger partial charge is 0.246 e. The summed E-state index contributed by atoms with van der Waals surface area (Å²) in [6, 6.07) is 15.0. The highest BCUT2D eigenvalue weighted by Gasteiger charge is 2.12. The highest BCUT2D eigenvalue weighted by Crippen LogP contribution is 2.17. The number of aryl methyl sites for hydroxylation is 1. The molecular formula is C18H19N5O2. The molecule has 25 heavy (non-hydrogen) atoms. The van der Waals surface area contributed by atoms with Crippen LogP contribution in [-0.4, -0.2) is 32.7 Å². The van der Waals surface area contributed by atoms with Gasteiger partial charge >= 0.3 is 0 Å². The monoisotopic (exact) mass is 337 g/mol. The molecule has 0 fully saturated rings. The lowest BCUT2D eigenvalue weighted by molar-refractivity contribution is -0.116. The van der Waals surface area contributed by atoms with Crippen LogP contribution < -0.4 is 10.1 Å². The number of tetrazole rings is 1. The molecule has 1 aromatic heterocycles. The highest BCUT2D eigenvalue weighted by atomic mass is 16.5. The van der Waals surface area contributed by atoms with Gasteiger partial charge < -0.3 is 10.1 Å². The van der Waals surface area contributed by atoms with E-state index in [1.807, 2.05) is 50.2 Å². The van der Waals surface area contributed by atoms with Crippen LogP contribution in [0.15, 0.2) is 48.5 Å². The van der Waals surface area contributed by atoms with Crippen LogP contribution in [0.1, 0.15) is 12.5 Å². The number of nitrogens with one attached hydrogen (secondary N) is 1. The number of aromatic nitrogens is 4. The van der Waals surface area contributed by atoms with Crippen LogP contribution >= 0.6 is 0 Å². The molecule has 0 aliphatic heterocycles. The van der Waals surface area contributed by atoms with E-state index in [0.29, 0.717) is 18.1 Å². The summed E-state index contributed by atoms with van der Waals surface area (Å²) < 4.78 is 6.86.